The maximum atomic E-state index is 12.6. The number of cyclic esters (lactones) is 1. The molecular formula is C24H28N2O6S. The van der Waals surface area contributed by atoms with Crippen molar-refractivity contribution >= 4 is 17.7 Å². The normalized spacial score (nSPS) is 29.2. The van der Waals surface area contributed by atoms with Gasteiger partial charge >= 0.3 is 5.97 Å². The minimum atomic E-state index is -0.389. The number of thioether (sulfide) groups is 1. The van der Waals surface area contributed by atoms with Crippen molar-refractivity contribution in [3.05, 3.63) is 22.6 Å². The number of carbonyl (C=O) groups excluding carboxylic acids is 1. The van der Waals surface area contributed by atoms with Crippen molar-refractivity contribution in [2.24, 2.45) is 17.8 Å². The number of hydrogen-bond acceptors (Lipinski definition) is 9. The Morgan fingerprint density at radius 3 is 2.18 bits per heavy atom. The molecule has 0 atom stereocenters. The summed E-state index contributed by atoms with van der Waals surface area (Å²) in [5, 5.41) is 9.38. The first-order valence-electron chi connectivity index (χ1n) is 11.5. The van der Waals surface area contributed by atoms with Gasteiger partial charge in [-0.15, -0.1) is 10.2 Å². The Balaban J connectivity index is 1.29. The molecule has 7 rings (SSSR count). The third kappa shape index (κ3) is 3.22. The van der Waals surface area contributed by atoms with Crippen LogP contribution in [0, 0.1) is 17.8 Å². The Bertz CT molecular complexity index is 1080. The summed E-state index contributed by atoms with van der Waals surface area (Å²) < 4.78 is 28.3. The van der Waals surface area contributed by atoms with Crippen molar-refractivity contribution in [3.8, 4) is 17.2 Å². The SMILES string of the molecule is COc1c2c(c(CSc3nnc(C45CC6CC(CC(C6)C4)C5)o3)c(OC)c1OC)C(=O)OC2. The molecule has 4 bridgehead atoms. The predicted octanol–water partition coefficient (Wildman–Crippen LogP) is 4.53. The lowest BCUT2D eigenvalue weighted by Gasteiger charge is -2.55. The van der Waals surface area contributed by atoms with Crippen LogP contribution in [0.25, 0.3) is 0 Å². The van der Waals surface area contributed by atoms with Crippen LogP contribution < -0.4 is 14.2 Å². The topological polar surface area (TPSA) is 92.9 Å². The number of methoxy groups -OCH3 is 3. The molecule has 1 aromatic heterocycles. The van der Waals surface area contributed by atoms with E-state index >= 15 is 0 Å². The second-order valence-corrected chi connectivity index (χ2v) is 10.8. The van der Waals surface area contributed by atoms with Gasteiger partial charge in [0.25, 0.3) is 5.22 Å². The number of hydrogen-bond donors (Lipinski definition) is 0. The van der Waals surface area contributed by atoms with Gasteiger partial charge in [-0.2, -0.15) is 0 Å². The van der Waals surface area contributed by atoms with E-state index in [-0.39, 0.29) is 18.0 Å². The second kappa shape index (κ2) is 7.82. The molecule has 176 valence electrons. The minimum Gasteiger partial charge on any atom is -0.492 e. The molecule has 4 saturated carbocycles. The number of aromatic nitrogens is 2. The van der Waals surface area contributed by atoms with E-state index in [1.807, 2.05) is 0 Å². The van der Waals surface area contributed by atoms with Crippen LogP contribution in [0.3, 0.4) is 0 Å². The highest BCUT2D eigenvalue weighted by Crippen LogP contribution is 2.60. The van der Waals surface area contributed by atoms with Crippen LogP contribution in [-0.2, 0) is 22.5 Å². The van der Waals surface area contributed by atoms with Gasteiger partial charge < -0.3 is 23.4 Å². The lowest BCUT2D eigenvalue weighted by atomic mass is 9.49. The molecule has 0 amide bonds. The Labute approximate surface area is 196 Å². The first kappa shape index (κ1) is 21.1. The fraction of sp³-hybridized carbons (Fsp3) is 0.625. The Hall–Kier alpha value is -2.42. The number of fused-ring (bicyclic) bond motifs is 1. The summed E-state index contributed by atoms with van der Waals surface area (Å²) in [6.07, 6.45) is 7.64. The van der Waals surface area contributed by atoms with Gasteiger partial charge in [-0.05, 0) is 56.3 Å². The number of rotatable bonds is 7. The van der Waals surface area contributed by atoms with E-state index in [0.717, 1.165) is 23.6 Å². The zero-order chi connectivity index (χ0) is 22.7. The standard InChI is InChI=1S/C24H28N2O6S/c1-28-18-15-10-31-21(27)17(15)16(19(29-2)20(18)30-3)11-33-23-26-25-22(32-23)24-7-12-4-13(8-24)6-14(5-12)9-24/h12-14H,4-11H2,1-3H3. The predicted molar refractivity (Wildman–Crippen MR) is 119 cm³/mol. The molecule has 5 aliphatic rings. The largest absolute Gasteiger partial charge is 0.492 e. The monoisotopic (exact) mass is 472 g/mol. The van der Waals surface area contributed by atoms with Crippen molar-refractivity contribution in [2.45, 2.75) is 61.5 Å². The van der Waals surface area contributed by atoms with Crippen LogP contribution in [0.2, 0.25) is 0 Å². The van der Waals surface area contributed by atoms with Crippen molar-refractivity contribution in [1.29, 1.82) is 0 Å². The van der Waals surface area contributed by atoms with E-state index in [0.29, 0.717) is 44.9 Å². The van der Waals surface area contributed by atoms with Crippen LogP contribution in [0.15, 0.2) is 9.64 Å². The second-order valence-electron chi connectivity index (χ2n) is 9.87. The fourth-order valence-electron chi connectivity index (χ4n) is 7.12. The molecule has 2 heterocycles. The molecule has 0 saturated heterocycles. The van der Waals surface area contributed by atoms with Crippen LogP contribution in [-0.4, -0.2) is 37.5 Å². The van der Waals surface area contributed by atoms with Gasteiger partial charge in [0.05, 0.1) is 32.5 Å². The van der Waals surface area contributed by atoms with Gasteiger partial charge in [0.2, 0.25) is 11.6 Å². The van der Waals surface area contributed by atoms with Crippen LogP contribution >= 0.6 is 11.8 Å². The third-order valence-corrected chi connectivity index (χ3v) is 8.81. The third-order valence-electron chi connectivity index (χ3n) is 7.97. The van der Waals surface area contributed by atoms with Crippen LogP contribution in [0.4, 0.5) is 0 Å². The molecule has 2 aromatic rings. The van der Waals surface area contributed by atoms with Crippen molar-refractivity contribution < 1.29 is 28.2 Å². The summed E-state index contributed by atoms with van der Waals surface area (Å²) in [4.78, 5) is 12.6. The number of esters is 1. The number of carbonyl (C=O) groups is 1. The molecule has 0 spiro atoms. The van der Waals surface area contributed by atoms with Gasteiger partial charge in [-0.25, -0.2) is 4.79 Å². The number of benzene rings is 1. The van der Waals surface area contributed by atoms with Crippen LogP contribution in [0.5, 0.6) is 17.2 Å². The number of ether oxygens (including phenoxy) is 4. The first-order chi connectivity index (χ1) is 16.0. The van der Waals surface area contributed by atoms with E-state index in [1.54, 1.807) is 21.3 Å². The summed E-state index contributed by atoms with van der Waals surface area (Å²) >= 11 is 1.40. The van der Waals surface area contributed by atoms with Gasteiger partial charge in [0, 0.05) is 16.7 Å². The lowest BCUT2D eigenvalue weighted by Crippen LogP contribution is -2.48. The quantitative estimate of drug-likeness (QED) is 0.426. The molecule has 0 unspecified atom stereocenters. The Morgan fingerprint density at radius 2 is 1.58 bits per heavy atom. The zero-order valence-electron chi connectivity index (χ0n) is 19.1. The van der Waals surface area contributed by atoms with E-state index in [1.165, 1.54) is 50.3 Å². The maximum Gasteiger partial charge on any atom is 0.339 e. The minimum absolute atomic E-state index is 0.0621. The number of nitrogens with zero attached hydrogens (tertiary/aromatic N) is 2. The first-order valence-corrected chi connectivity index (χ1v) is 12.5. The summed E-state index contributed by atoms with van der Waals surface area (Å²) in [5.41, 5.74) is 1.90. The average Bonchev–Trinajstić information content (AvgIpc) is 3.43. The summed E-state index contributed by atoms with van der Waals surface area (Å²) in [7, 11) is 4.65. The van der Waals surface area contributed by atoms with E-state index in [2.05, 4.69) is 10.2 Å². The molecular weight excluding hydrogens is 444 g/mol. The van der Waals surface area contributed by atoms with E-state index in [4.69, 9.17) is 23.4 Å². The lowest BCUT2D eigenvalue weighted by molar-refractivity contribution is -0.0191. The molecule has 8 nitrogen and oxygen atoms in total. The molecule has 4 fully saturated rings. The molecule has 4 aliphatic carbocycles. The Kier molecular flexibility index (Phi) is 5.01. The van der Waals surface area contributed by atoms with Gasteiger partial charge in [-0.3, -0.25) is 0 Å². The zero-order valence-corrected chi connectivity index (χ0v) is 20.0. The summed E-state index contributed by atoms with van der Waals surface area (Å²) in [6, 6.07) is 0. The molecule has 1 aromatic carbocycles. The molecule has 33 heavy (non-hydrogen) atoms. The van der Waals surface area contributed by atoms with Crippen molar-refractivity contribution in [2.75, 3.05) is 21.3 Å². The molecule has 9 heteroatoms. The smallest absolute Gasteiger partial charge is 0.339 e. The molecule has 0 N–H and O–H groups in total. The van der Waals surface area contributed by atoms with E-state index < -0.39 is 0 Å². The summed E-state index contributed by atoms with van der Waals surface area (Å²) in [5.74, 6) is 4.62. The van der Waals surface area contributed by atoms with Gasteiger partial charge in [0.1, 0.15) is 6.61 Å². The maximum absolute atomic E-state index is 12.6. The highest BCUT2D eigenvalue weighted by atomic mass is 32.2. The highest BCUT2D eigenvalue weighted by molar-refractivity contribution is 7.98. The van der Waals surface area contributed by atoms with Crippen molar-refractivity contribution in [3.63, 3.8) is 0 Å². The van der Waals surface area contributed by atoms with Crippen molar-refractivity contribution in [1.82, 2.24) is 10.2 Å². The summed E-state index contributed by atoms with van der Waals surface area (Å²) in [6.45, 7) is 0.145. The van der Waals surface area contributed by atoms with Gasteiger partial charge in [0.15, 0.2) is 11.5 Å². The Morgan fingerprint density at radius 1 is 0.939 bits per heavy atom. The highest BCUT2D eigenvalue weighted by Gasteiger charge is 2.54. The molecule has 0 radical (unpaired) electrons. The van der Waals surface area contributed by atoms with Crippen LogP contribution in [0.1, 0.15) is 65.9 Å². The average molecular weight is 473 g/mol. The fourth-order valence-corrected chi connectivity index (χ4v) is 7.90. The van der Waals surface area contributed by atoms with E-state index in [9.17, 15) is 4.79 Å². The molecule has 1 aliphatic heterocycles. The van der Waals surface area contributed by atoms with Gasteiger partial charge in [-0.1, -0.05) is 11.8 Å².